The summed E-state index contributed by atoms with van der Waals surface area (Å²) in [5, 5.41) is 0. The highest BCUT2D eigenvalue weighted by Gasteiger charge is 2.38. The van der Waals surface area contributed by atoms with Gasteiger partial charge in [0.25, 0.3) is 15.9 Å². The molecule has 3 rings (SSSR count). The first-order chi connectivity index (χ1) is 12.8. The van der Waals surface area contributed by atoms with Crippen LogP contribution >= 0.6 is 0 Å². The summed E-state index contributed by atoms with van der Waals surface area (Å²) in [5.74, 6) is -0.456. The van der Waals surface area contributed by atoms with Gasteiger partial charge in [-0.25, -0.2) is 12.7 Å². The number of carbonyl (C=O) groups is 1. The minimum atomic E-state index is -3.94. The van der Waals surface area contributed by atoms with E-state index in [0.717, 1.165) is 21.0 Å². The topological polar surface area (TPSA) is 54.5 Å². The number of nitrogens with zero attached hydrogens (tertiary/aromatic N) is 1. The molecule has 0 saturated heterocycles. The zero-order chi connectivity index (χ0) is 19.6. The zero-order valence-corrected chi connectivity index (χ0v) is 16.5. The number of rotatable bonds is 4. The van der Waals surface area contributed by atoms with Crippen molar-refractivity contribution in [2.75, 3.05) is 0 Å². The summed E-state index contributed by atoms with van der Waals surface area (Å²) >= 11 is 0. The number of aryl methyl sites for hydroxylation is 1. The lowest BCUT2D eigenvalue weighted by Crippen LogP contribution is -2.47. The number of hydrogen-bond acceptors (Lipinski definition) is 3. The van der Waals surface area contributed by atoms with Gasteiger partial charge in [-0.05, 0) is 44.9 Å². The van der Waals surface area contributed by atoms with Crippen molar-refractivity contribution in [3.63, 3.8) is 0 Å². The summed E-state index contributed by atoms with van der Waals surface area (Å²) in [6, 6.07) is 15.7. The van der Waals surface area contributed by atoms with Crippen LogP contribution in [0.4, 0.5) is 0 Å². The maximum atomic E-state index is 13.2. The maximum absolute atomic E-state index is 13.2. The van der Waals surface area contributed by atoms with E-state index < -0.39 is 22.0 Å². The highest BCUT2D eigenvalue weighted by Crippen LogP contribution is 2.31. The Kier molecular flexibility index (Phi) is 5.33. The van der Waals surface area contributed by atoms with Crippen LogP contribution in [0.3, 0.4) is 0 Å². The first-order valence-electron chi connectivity index (χ1n) is 8.86. The second kappa shape index (κ2) is 7.53. The summed E-state index contributed by atoms with van der Waals surface area (Å²) in [6.45, 7) is 5.46. The third kappa shape index (κ3) is 3.88. The number of benzene rings is 2. The van der Waals surface area contributed by atoms with E-state index in [1.54, 1.807) is 37.3 Å². The second-order valence-corrected chi connectivity index (χ2v) is 8.68. The number of sulfonamides is 1. The van der Waals surface area contributed by atoms with Gasteiger partial charge in [0, 0.05) is 5.57 Å². The van der Waals surface area contributed by atoms with Crippen molar-refractivity contribution in [1.82, 2.24) is 4.31 Å². The van der Waals surface area contributed by atoms with Gasteiger partial charge >= 0.3 is 0 Å². The molecule has 0 aromatic heterocycles. The third-order valence-corrected chi connectivity index (χ3v) is 6.69. The van der Waals surface area contributed by atoms with Crippen LogP contribution in [-0.4, -0.2) is 24.7 Å². The molecule has 1 amide bonds. The monoisotopic (exact) mass is 381 g/mol. The van der Waals surface area contributed by atoms with Crippen LogP contribution in [0.5, 0.6) is 0 Å². The normalized spacial score (nSPS) is 18.4. The van der Waals surface area contributed by atoms with Gasteiger partial charge in [0.1, 0.15) is 0 Å². The van der Waals surface area contributed by atoms with E-state index in [2.05, 4.69) is 0 Å². The molecule has 0 aliphatic carbocycles. The number of carbonyl (C=O) groups excluding carboxylic acids is 1. The van der Waals surface area contributed by atoms with Crippen molar-refractivity contribution >= 4 is 22.0 Å². The average molecular weight is 381 g/mol. The standard InChI is InChI=1S/C22H23NO3S/c1-16-9-13-21(14-10-16)27(25,26)23-20(15-17(2)18(3)22(23)24)12-11-19-7-5-4-6-8-19/h4-14,20H,15H2,1-3H3/b12-11+. The van der Waals surface area contributed by atoms with Gasteiger partial charge in [0.15, 0.2) is 0 Å². The fourth-order valence-electron chi connectivity index (χ4n) is 3.09. The van der Waals surface area contributed by atoms with Crippen LogP contribution < -0.4 is 0 Å². The Morgan fingerprint density at radius 1 is 0.963 bits per heavy atom. The van der Waals surface area contributed by atoms with Gasteiger partial charge < -0.3 is 0 Å². The first kappa shape index (κ1) is 19.1. The van der Waals surface area contributed by atoms with Crippen LogP contribution in [0.15, 0.2) is 76.7 Å². The predicted octanol–water partition coefficient (Wildman–Crippen LogP) is 4.33. The van der Waals surface area contributed by atoms with Gasteiger partial charge in [-0.3, -0.25) is 4.79 Å². The zero-order valence-electron chi connectivity index (χ0n) is 15.7. The molecule has 5 heteroatoms. The molecule has 1 atom stereocenters. The lowest BCUT2D eigenvalue weighted by molar-refractivity contribution is -0.124. The van der Waals surface area contributed by atoms with E-state index in [1.165, 1.54) is 0 Å². The molecule has 0 saturated carbocycles. The lowest BCUT2D eigenvalue weighted by Gasteiger charge is -2.34. The Morgan fingerprint density at radius 3 is 2.22 bits per heavy atom. The van der Waals surface area contributed by atoms with Crippen molar-refractivity contribution in [3.05, 3.63) is 82.9 Å². The maximum Gasteiger partial charge on any atom is 0.267 e. The SMILES string of the molecule is CC1=C(C)C(=O)N(S(=O)(=O)c2ccc(C)cc2)C(/C=C/c2ccccc2)C1. The molecule has 0 fully saturated rings. The fourth-order valence-corrected chi connectivity index (χ4v) is 4.66. The van der Waals surface area contributed by atoms with Gasteiger partial charge in [-0.1, -0.05) is 65.8 Å². The van der Waals surface area contributed by atoms with E-state index in [4.69, 9.17) is 0 Å². The minimum absolute atomic E-state index is 0.131. The number of hydrogen-bond donors (Lipinski definition) is 0. The Morgan fingerprint density at radius 2 is 1.59 bits per heavy atom. The highest BCUT2D eigenvalue weighted by molar-refractivity contribution is 7.89. The van der Waals surface area contributed by atoms with Crippen LogP contribution in [0, 0.1) is 6.92 Å². The largest absolute Gasteiger partial charge is 0.268 e. The molecule has 1 heterocycles. The quantitative estimate of drug-likeness (QED) is 0.792. The van der Waals surface area contributed by atoms with Gasteiger partial charge in [0.05, 0.1) is 10.9 Å². The molecule has 1 aliphatic heterocycles. The summed E-state index contributed by atoms with van der Waals surface area (Å²) < 4.78 is 27.5. The van der Waals surface area contributed by atoms with Crippen LogP contribution in [0.25, 0.3) is 6.08 Å². The minimum Gasteiger partial charge on any atom is -0.268 e. The van der Waals surface area contributed by atoms with Crippen LogP contribution in [0.2, 0.25) is 0 Å². The molecule has 2 aromatic carbocycles. The van der Waals surface area contributed by atoms with E-state index in [1.807, 2.05) is 50.3 Å². The second-order valence-electron chi connectivity index (χ2n) is 6.87. The predicted molar refractivity (Wildman–Crippen MR) is 107 cm³/mol. The molecule has 2 aromatic rings. The molecule has 4 nitrogen and oxygen atoms in total. The van der Waals surface area contributed by atoms with Gasteiger partial charge in [-0.15, -0.1) is 0 Å². The summed E-state index contributed by atoms with van der Waals surface area (Å²) in [7, 11) is -3.94. The van der Waals surface area contributed by atoms with Crippen molar-refractivity contribution in [1.29, 1.82) is 0 Å². The average Bonchev–Trinajstić information content (AvgIpc) is 2.65. The first-order valence-corrected chi connectivity index (χ1v) is 10.3. The molecular formula is C22H23NO3S. The molecule has 1 unspecified atom stereocenters. The Balaban J connectivity index is 2.04. The smallest absolute Gasteiger partial charge is 0.267 e. The fraction of sp³-hybridized carbons (Fsp3) is 0.227. The van der Waals surface area contributed by atoms with E-state index in [0.29, 0.717) is 12.0 Å². The van der Waals surface area contributed by atoms with Crippen molar-refractivity contribution < 1.29 is 13.2 Å². The Labute approximate surface area is 160 Å². The molecule has 0 N–H and O–H groups in total. The molecule has 140 valence electrons. The molecule has 0 bridgehead atoms. The molecule has 0 spiro atoms. The molecule has 0 radical (unpaired) electrons. The molecule has 27 heavy (non-hydrogen) atoms. The summed E-state index contributed by atoms with van der Waals surface area (Å²) in [6.07, 6.45) is 4.16. The van der Waals surface area contributed by atoms with Crippen molar-refractivity contribution in [2.24, 2.45) is 0 Å². The lowest BCUT2D eigenvalue weighted by atomic mass is 9.97. The Bertz CT molecular complexity index is 1000. The van der Waals surface area contributed by atoms with Gasteiger partial charge in [-0.2, -0.15) is 0 Å². The van der Waals surface area contributed by atoms with Gasteiger partial charge in [0.2, 0.25) is 0 Å². The van der Waals surface area contributed by atoms with Crippen LogP contribution in [0.1, 0.15) is 31.4 Å². The number of amides is 1. The van der Waals surface area contributed by atoms with E-state index >= 15 is 0 Å². The van der Waals surface area contributed by atoms with Crippen molar-refractivity contribution in [3.8, 4) is 0 Å². The van der Waals surface area contributed by atoms with E-state index in [9.17, 15) is 13.2 Å². The third-order valence-electron chi connectivity index (χ3n) is 4.87. The van der Waals surface area contributed by atoms with Crippen molar-refractivity contribution in [2.45, 2.75) is 38.1 Å². The summed E-state index contributed by atoms with van der Waals surface area (Å²) in [4.78, 5) is 13.0. The van der Waals surface area contributed by atoms with Crippen LogP contribution in [-0.2, 0) is 14.8 Å². The van der Waals surface area contributed by atoms with E-state index in [-0.39, 0.29) is 4.90 Å². The highest BCUT2D eigenvalue weighted by atomic mass is 32.2. The molecule has 1 aliphatic rings. The summed E-state index contributed by atoms with van der Waals surface area (Å²) in [5.41, 5.74) is 3.33. The molecular weight excluding hydrogens is 358 g/mol. The Hall–Kier alpha value is -2.66.